The van der Waals surface area contributed by atoms with Crippen LogP contribution in [0, 0.1) is 0 Å². The number of nitrogens with zero attached hydrogens (tertiary/aromatic N) is 3. The number of carboxylic acids is 1. The largest absolute Gasteiger partial charge is 0.480 e. The molecule has 1 aromatic heterocycles. The lowest BCUT2D eigenvalue weighted by molar-refractivity contribution is -0.180. The van der Waals surface area contributed by atoms with Gasteiger partial charge in [0.15, 0.2) is 6.04 Å². The van der Waals surface area contributed by atoms with Crippen LogP contribution in [-0.2, 0) is 14.4 Å². The van der Waals surface area contributed by atoms with Crippen LogP contribution in [-0.4, -0.2) is 62.4 Å². The van der Waals surface area contributed by atoms with E-state index in [0.717, 1.165) is 10.4 Å². The third-order valence-electron chi connectivity index (χ3n) is 5.34. The summed E-state index contributed by atoms with van der Waals surface area (Å²) in [4.78, 5) is 54.2. The smallest absolute Gasteiger partial charge is 0.328 e. The van der Waals surface area contributed by atoms with Crippen molar-refractivity contribution in [2.24, 2.45) is 0 Å². The fourth-order valence-corrected chi connectivity index (χ4v) is 3.92. The van der Waals surface area contributed by atoms with E-state index in [1.54, 1.807) is 18.2 Å². The molecule has 3 heterocycles. The highest BCUT2D eigenvalue weighted by molar-refractivity contribution is 6.06. The summed E-state index contributed by atoms with van der Waals surface area (Å²) < 4.78 is 0. The predicted octanol–water partition coefficient (Wildman–Crippen LogP) is 2.22. The van der Waals surface area contributed by atoms with Crippen molar-refractivity contribution in [2.75, 3.05) is 6.54 Å². The Morgan fingerprint density at radius 2 is 1.84 bits per heavy atom. The van der Waals surface area contributed by atoms with Crippen molar-refractivity contribution in [3.8, 4) is 0 Å². The fourth-order valence-electron chi connectivity index (χ4n) is 3.92. The van der Waals surface area contributed by atoms with Crippen molar-refractivity contribution in [1.29, 1.82) is 0 Å². The van der Waals surface area contributed by atoms with E-state index in [4.69, 9.17) is 0 Å². The lowest BCUT2D eigenvalue weighted by atomic mass is 10.1. The average Bonchev–Trinajstić information content (AvgIpc) is 2.85. The first-order valence-electron chi connectivity index (χ1n) is 9.48. The van der Waals surface area contributed by atoms with E-state index in [1.807, 2.05) is 12.1 Å². The number of carbonyl (C=O) groups excluding carboxylic acids is 3. The Balaban J connectivity index is 0.00000171. The number of carbonyl (C=O) groups is 4. The third-order valence-corrected chi connectivity index (χ3v) is 5.34. The highest BCUT2D eigenvalue weighted by Crippen LogP contribution is 2.25. The van der Waals surface area contributed by atoms with Crippen molar-refractivity contribution in [2.45, 2.75) is 52.6 Å². The van der Waals surface area contributed by atoms with Crippen LogP contribution in [0.3, 0.4) is 0 Å². The number of hydrazine groups is 1. The van der Waals surface area contributed by atoms with E-state index in [9.17, 15) is 24.3 Å². The second kappa shape index (κ2) is 9.55. The first-order valence-corrected chi connectivity index (χ1v) is 9.48. The van der Waals surface area contributed by atoms with Gasteiger partial charge in [0.25, 0.3) is 11.8 Å². The molecule has 2 aromatic rings. The molecular weight excluding hydrogens is 400 g/mol. The van der Waals surface area contributed by atoms with Crippen molar-refractivity contribution >= 4 is 34.5 Å². The van der Waals surface area contributed by atoms with Crippen molar-refractivity contribution in [3.05, 3.63) is 42.2 Å². The molecule has 0 unspecified atom stereocenters. The molecule has 2 atom stereocenters. The summed E-state index contributed by atoms with van der Waals surface area (Å²) in [6, 6.07) is 6.92. The Morgan fingerprint density at radius 3 is 2.58 bits per heavy atom. The number of hydrogen-bond acceptors (Lipinski definition) is 5. The summed E-state index contributed by atoms with van der Waals surface area (Å²) in [5.41, 5.74) is 0.178. The number of benzene rings is 1. The van der Waals surface area contributed by atoms with E-state index in [-0.39, 0.29) is 45.7 Å². The minimum Gasteiger partial charge on any atom is -0.480 e. The van der Waals surface area contributed by atoms with Crippen LogP contribution in [0.1, 0.15) is 51.0 Å². The van der Waals surface area contributed by atoms with Gasteiger partial charge in [-0.2, -0.15) is 0 Å². The number of rotatable bonds is 3. The van der Waals surface area contributed by atoms with E-state index in [0.29, 0.717) is 18.4 Å². The van der Waals surface area contributed by atoms with Gasteiger partial charge in [-0.15, -0.1) is 0 Å². The molecule has 0 bridgehead atoms. The molecule has 9 nitrogen and oxygen atoms in total. The molecule has 2 saturated heterocycles. The number of fused-ring (bicyclic) bond motifs is 2. The fraction of sp³-hybridized carbons (Fsp3) is 0.409. The van der Waals surface area contributed by atoms with Crippen LogP contribution < -0.4 is 5.32 Å². The van der Waals surface area contributed by atoms with Gasteiger partial charge >= 0.3 is 5.97 Å². The van der Waals surface area contributed by atoms with Crippen LogP contribution in [0.4, 0.5) is 0 Å². The summed E-state index contributed by atoms with van der Waals surface area (Å²) in [6.45, 7) is 0.292. The monoisotopic (exact) mass is 428 g/mol. The normalized spacial score (nSPS) is 20.8. The molecule has 4 rings (SSSR count). The maximum atomic E-state index is 13.1. The number of hydrogen-bond donors (Lipinski definition) is 2. The van der Waals surface area contributed by atoms with Crippen LogP contribution >= 0.6 is 0 Å². The number of aromatic nitrogens is 1. The van der Waals surface area contributed by atoms with Crippen LogP contribution in [0.2, 0.25) is 0 Å². The van der Waals surface area contributed by atoms with Crippen LogP contribution in [0.15, 0.2) is 36.5 Å². The van der Waals surface area contributed by atoms with Crippen molar-refractivity contribution in [1.82, 2.24) is 20.3 Å². The molecule has 0 spiro atoms. The summed E-state index contributed by atoms with van der Waals surface area (Å²) >= 11 is 0. The number of aliphatic carboxylic acids is 1. The molecule has 3 amide bonds. The highest BCUT2D eigenvalue weighted by Gasteiger charge is 2.44. The Labute approximate surface area is 181 Å². The van der Waals surface area contributed by atoms with E-state index < -0.39 is 29.9 Å². The molecule has 2 N–H and O–H groups in total. The van der Waals surface area contributed by atoms with Gasteiger partial charge in [0.1, 0.15) is 11.7 Å². The molecule has 2 aliphatic heterocycles. The summed E-state index contributed by atoms with van der Waals surface area (Å²) in [6.07, 6.45) is 2.43. The van der Waals surface area contributed by atoms with Gasteiger partial charge in [-0.3, -0.25) is 24.4 Å². The number of pyridine rings is 1. The Morgan fingerprint density at radius 1 is 1.10 bits per heavy atom. The molecule has 0 saturated carbocycles. The lowest BCUT2D eigenvalue weighted by Gasteiger charge is -2.41. The minimum absolute atomic E-state index is 0. The Hall–Kier alpha value is -3.49. The second-order valence-electron chi connectivity index (χ2n) is 7.14. The number of nitrogens with one attached hydrogen (secondary N) is 1. The van der Waals surface area contributed by atoms with Crippen molar-refractivity contribution in [3.63, 3.8) is 0 Å². The standard InChI is InChI=1S/C20H20N4O5.2CH4/c25-16-8-7-14(19(27)24-15(20(28)29)6-3-11-23(16)24)22-18(26)17-13-5-2-1-4-12(13)9-10-21-17;;/h1-2,4-5,9-10,14-15H,3,6-8,11H2,(H,22,26)(H,28,29);2*1H4/t14-,15-;;/m0../s1. The summed E-state index contributed by atoms with van der Waals surface area (Å²) in [5.74, 6) is -2.61. The maximum absolute atomic E-state index is 13.1. The third kappa shape index (κ3) is 4.35. The Bertz CT molecular complexity index is 1000. The SMILES string of the molecule is C.C.O=C(N[C@H]1CCC(=O)N2CCC[C@@H](C(=O)O)N2C1=O)c1nccc2ccccc12. The van der Waals surface area contributed by atoms with Gasteiger partial charge in [-0.25, -0.2) is 9.80 Å². The molecule has 166 valence electrons. The van der Waals surface area contributed by atoms with Gasteiger partial charge in [-0.1, -0.05) is 39.1 Å². The summed E-state index contributed by atoms with van der Waals surface area (Å²) in [5, 5.41) is 15.9. The van der Waals surface area contributed by atoms with Crippen molar-refractivity contribution < 1.29 is 24.3 Å². The van der Waals surface area contributed by atoms with Gasteiger partial charge in [0.05, 0.1) is 0 Å². The zero-order valence-corrected chi connectivity index (χ0v) is 15.6. The quantitative estimate of drug-likeness (QED) is 0.774. The van der Waals surface area contributed by atoms with Gasteiger partial charge in [-0.05, 0) is 30.7 Å². The van der Waals surface area contributed by atoms with Gasteiger partial charge < -0.3 is 10.4 Å². The zero-order valence-electron chi connectivity index (χ0n) is 15.6. The molecule has 9 heteroatoms. The van der Waals surface area contributed by atoms with Gasteiger partial charge in [0.2, 0.25) is 5.91 Å². The first kappa shape index (κ1) is 23.8. The van der Waals surface area contributed by atoms with E-state index >= 15 is 0 Å². The molecule has 2 aliphatic rings. The van der Waals surface area contributed by atoms with E-state index in [1.165, 1.54) is 11.2 Å². The molecule has 1 aromatic carbocycles. The molecule has 31 heavy (non-hydrogen) atoms. The second-order valence-corrected chi connectivity index (χ2v) is 7.14. The average molecular weight is 428 g/mol. The molecule has 0 aliphatic carbocycles. The number of carboxylic acid groups (broad SMARTS) is 1. The number of amides is 3. The topological polar surface area (TPSA) is 120 Å². The van der Waals surface area contributed by atoms with Gasteiger partial charge in [0, 0.05) is 24.5 Å². The first-order chi connectivity index (χ1) is 14.0. The zero-order chi connectivity index (χ0) is 20.5. The maximum Gasteiger partial charge on any atom is 0.328 e. The minimum atomic E-state index is -1.17. The highest BCUT2D eigenvalue weighted by atomic mass is 16.4. The predicted molar refractivity (Wildman–Crippen MR) is 115 cm³/mol. The molecule has 0 radical (unpaired) electrons. The molecular formula is C22H28N4O5. The summed E-state index contributed by atoms with van der Waals surface area (Å²) in [7, 11) is 0. The Kier molecular flexibility index (Phi) is 7.32. The van der Waals surface area contributed by atoms with E-state index in [2.05, 4.69) is 10.3 Å². The lowest BCUT2D eigenvalue weighted by Crippen LogP contribution is -2.62. The van der Waals surface area contributed by atoms with Crippen LogP contribution in [0.25, 0.3) is 10.8 Å². The molecule has 2 fully saturated rings. The van der Waals surface area contributed by atoms with Crippen LogP contribution in [0.5, 0.6) is 0 Å².